The van der Waals surface area contributed by atoms with Crippen molar-refractivity contribution in [1.29, 1.82) is 0 Å². The van der Waals surface area contributed by atoms with Crippen LogP contribution in [0.15, 0.2) is 94.7 Å². The molecule has 2 heterocycles. The fraction of sp³-hybridized carbons (Fsp3) is 0.0556. The third kappa shape index (κ3) is 12.5. The predicted molar refractivity (Wildman–Crippen MR) is 222 cm³/mol. The maximum atomic E-state index is 12.5. The van der Waals surface area contributed by atoms with Crippen molar-refractivity contribution in [3.05, 3.63) is 107 Å². The molecule has 0 saturated carbocycles. The molecule has 0 aliphatic heterocycles. The minimum Gasteiger partial charge on any atom is -0.744 e. The number of primary amides is 2. The van der Waals surface area contributed by atoms with Crippen LogP contribution < -0.4 is 72.9 Å². The SMILES string of the molecule is CNc1nc(Nc2ccc(C(N)=O)cc2)nc(Nc2ccc(/C=C/c3ccc(Nc4nc(NC)nc(Nc5ccc(C(N)=O)cc5)n4)cc3S(=O)(=O)[O-])c(SOOO)c2)n1.[Na+]. The van der Waals surface area contributed by atoms with Gasteiger partial charge in [-0.3, -0.25) is 9.59 Å². The maximum absolute atomic E-state index is 12.5. The van der Waals surface area contributed by atoms with Gasteiger partial charge < -0.3 is 47.9 Å². The normalized spacial score (nSPS) is 11.0. The van der Waals surface area contributed by atoms with E-state index >= 15 is 0 Å². The Morgan fingerprint density at radius 1 is 0.623 bits per heavy atom. The van der Waals surface area contributed by atoms with Crippen molar-refractivity contribution < 1.29 is 66.7 Å². The first-order chi connectivity index (χ1) is 28.8. The van der Waals surface area contributed by atoms with Gasteiger partial charge in [-0.2, -0.15) is 29.9 Å². The van der Waals surface area contributed by atoms with Crippen LogP contribution in [0.25, 0.3) is 12.2 Å². The van der Waals surface area contributed by atoms with Gasteiger partial charge in [0.15, 0.2) is 0 Å². The fourth-order valence-electron chi connectivity index (χ4n) is 5.17. The summed E-state index contributed by atoms with van der Waals surface area (Å²) in [5.74, 6) is -0.350. The topological polar surface area (TPSA) is 332 Å². The molecule has 0 bridgehead atoms. The summed E-state index contributed by atoms with van der Waals surface area (Å²) >= 11 is 0.630. The molecule has 0 radical (unpaired) electrons. The zero-order chi connectivity index (χ0) is 42.8. The fourth-order valence-corrected chi connectivity index (χ4v) is 6.38. The first kappa shape index (κ1) is 45.6. The summed E-state index contributed by atoms with van der Waals surface area (Å²) in [6, 6.07) is 21.6. The van der Waals surface area contributed by atoms with Crippen LogP contribution in [-0.2, 0) is 19.5 Å². The molecule has 61 heavy (non-hydrogen) atoms. The third-order valence-electron chi connectivity index (χ3n) is 7.97. The second-order valence-electron chi connectivity index (χ2n) is 12.0. The van der Waals surface area contributed by atoms with Gasteiger partial charge in [-0.05, 0) is 83.9 Å². The van der Waals surface area contributed by atoms with Crippen molar-refractivity contribution >= 4 is 105 Å². The molecule has 6 rings (SSSR count). The van der Waals surface area contributed by atoms with E-state index in [-0.39, 0.29) is 76.5 Å². The van der Waals surface area contributed by atoms with Gasteiger partial charge in [-0.15, -0.1) is 4.33 Å². The maximum Gasteiger partial charge on any atom is 1.00 e. The summed E-state index contributed by atoms with van der Waals surface area (Å²) in [5.41, 5.74) is 13.5. The Morgan fingerprint density at radius 2 is 1.00 bits per heavy atom. The van der Waals surface area contributed by atoms with E-state index < -0.39 is 26.8 Å². The van der Waals surface area contributed by atoms with Gasteiger partial charge in [-0.1, -0.05) is 29.3 Å². The number of nitrogens with one attached hydrogen (secondary N) is 6. The quantitative estimate of drug-likeness (QED) is 0.0148. The Kier molecular flexibility index (Phi) is 15.4. The zero-order valence-corrected chi connectivity index (χ0v) is 35.8. The number of benzene rings is 4. The molecule has 0 atom stereocenters. The van der Waals surface area contributed by atoms with Crippen LogP contribution in [0.1, 0.15) is 31.8 Å². The van der Waals surface area contributed by atoms with E-state index in [4.69, 9.17) is 21.1 Å². The number of amides is 2. The predicted octanol–water partition coefficient (Wildman–Crippen LogP) is 1.82. The molecule has 6 aromatic rings. The number of hydrogen-bond acceptors (Lipinski definition) is 21. The summed E-state index contributed by atoms with van der Waals surface area (Å²) in [7, 11) is -1.80. The second-order valence-corrected chi connectivity index (χ2v) is 14.1. The Labute approximate surface area is 373 Å². The number of aromatic nitrogens is 6. The van der Waals surface area contributed by atoms with Gasteiger partial charge in [0.25, 0.3) is 0 Å². The van der Waals surface area contributed by atoms with E-state index in [9.17, 15) is 22.6 Å². The number of nitrogens with two attached hydrogens (primary N) is 2. The first-order valence-corrected chi connectivity index (χ1v) is 19.3. The Morgan fingerprint density at radius 3 is 1.41 bits per heavy atom. The van der Waals surface area contributed by atoms with E-state index in [0.29, 0.717) is 50.7 Å². The van der Waals surface area contributed by atoms with Gasteiger partial charge in [0.05, 0.1) is 16.9 Å². The molecule has 0 aliphatic rings. The van der Waals surface area contributed by atoms with Crippen molar-refractivity contribution in [3.8, 4) is 0 Å². The average molecular weight is 877 g/mol. The third-order valence-corrected chi connectivity index (χ3v) is 9.53. The van der Waals surface area contributed by atoms with Crippen LogP contribution in [0.2, 0.25) is 0 Å². The molecule has 11 N–H and O–H groups in total. The number of anilines is 10. The van der Waals surface area contributed by atoms with E-state index in [0.717, 1.165) is 6.07 Å². The van der Waals surface area contributed by atoms with Crippen molar-refractivity contribution in [2.24, 2.45) is 11.5 Å². The molecular formula is C36H33N14NaO8S2. The van der Waals surface area contributed by atoms with Crippen LogP contribution in [0.5, 0.6) is 0 Å². The average Bonchev–Trinajstić information content (AvgIpc) is 3.22. The molecule has 0 fully saturated rings. The van der Waals surface area contributed by atoms with Crippen LogP contribution in [-0.4, -0.2) is 74.0 Å². The van der Waals surface area contributed by atoms with Crippen LogP contribution >= 0.6 is 12.0 Å². The van der Waals surface area contributed by atoms with Gasteiger partial charge in [0.1, 0.15) is 10.1 Å². The van der Waals surface area contributed by atoms with Gasteiger partial charge >= 0.3 is 29.6 Å². The van der Waals surface area contributed by atoms with E-state index in [2.05, 4.69) is 66.8 Å². The van der Waals surface area contributed by atoms with Gasteiger partial charge in [0, 0.05) is 52.9 Å². The number of carbonyl (C=O) groups is 2. The molecule has 25 heteroatoms. The monoisotopic (exact) mass is 876 g/mol. The minimum atomic E-state index is -5.02. The van der Waals surface area contributed by atoms with Crippen molar-refractivity contribution in [1.82, 2.24) is 29.9 Å². The van der Waals surface area contributed by atoms with Crippen LogP contribution in [0.4, 0.5) is 58.4 Å². The molecule has 2 amide bonds. The summed E-state index contributed by atoms with van der Waals surface area (Å²) in [5, 5.41) is 30.4. The molecule has 0 saturated heterocycles. The van der Waals surface area contributed by atoms with Crippen molar-refractivity contribution in [2.45, 2.75) is 9.79 Å². The standard InChI is InChI=1S/C36H34N14O8S2.Na/c1-39-31-45-33(41-23-11-7-21(8-12-23)29(37)51)49-35(47-31)43-25-15-5-19(27(17-25)59-58-57-53)3-4-20-6-16-26(18-28(20)60(54,55)56)44-36-48-32(40-2)46-34(50-36)42-24-13-9-22(10-14-24)30(38)52;/h3-18,53H,1-2H3,(H2,37,51)(H2,38,52)(H,54,55,56)(H3,39,41,43,45,47,49)(H3,40,42,44,46,48,50);/q;+1/p-1/b4-3+;. The zero-order valence-electron chi connectivity index (χ0n) is 32.2. The summed E-state index contributed by atoms with van der Waals surface area (Å²) in [4.78, 5) is 48.6. The Balaban J connectivity index is 0.00000704. The molecule has 22 nitrogen and oxygen atoms in total. The number of nitrogens with zero attached hydrogens (tertiary/aromatic N) is 6. The van der Waals surface area contributed by atoms with E-state index in [1.807, 2.05) is 0 Å². The van der Waals surface area contributed by atoms with Crippen LogP contribution in [0, 0.1) is 0 Å². The molecule has 4 aromatic carbocycles. The molecular weight excluding hydrogens is 844 g/mol. The number of hydrogen-bond donors (Lipinski definition) is 9. The first-order valence-electron chi connectivity index (χ1n) is 17.1. The van der Waals surface area contributed by atoms with Gasteiger partial charge in [-0.25, -0.2) is 13.7 Å². The summed E-state index contributed by atoms with van der Waals surface area (Å²) in [6.45, 7) is 0. The Bertz CT molecular complexity index is 2680. The summed E-state index contributed by atoms with van der Waals surface area (Å²) < 4.78 is 42.2. The van der Waals surface area contributed by atoms with E-state index in [1.54, 1.807) is 68.7 Å². The molecule has 0 spiro atoms. The van der Waals surface area contributed by atoms with Crippen molar-refractivity contribution in [2.75, 3.05) is 46.0 Å². The number of rotatable bonds is 18. The molecule has 2 aromatic heterocycles. The van der Waals surface area contributed by atoms with Crippen LogP contribution in [0.3, 0.4) is 0 Å². The molecule has 0 aliphatic carbocycles. The largest absolute Gasteiger partial charge is 1.00 e. The van der Waals surface area contributed by atoms with E-state index in [1.165, 1.54) is 36.4 Å². The second kappa shape index (κ2) is 20.7. The Hall–Kier alpha value is -6.48. The minimum absolute atomic E-state index is 0. The van der Waals surface area contributed by atoms with Gasteiger partial charge in [0.2, 0.25) is 47.5 Å². The van der Waals surface area contributed by atoms with Crippen molar-refractivity contribution in [3.63, 3.8) is 0 Å². The molecule has 308 valence electrons. The number of carbonyl (C=O) groups excluding carboxylic acids is 2. The molecule has 0 unspecified atom stereocenters. The summed E-state index contributed by atoms with van der Waals surface area (Å²) in [6.07, 6.45) is 2.93. The smallest absolute Gasteiger partial charge is 0.744 e.